The van der Waals surface area contributed by atoms with E-state index >= 15 is 0 Å². The van der Waals surface area contributed by atoms with Crippen molar-refractivity contribution in [2.45, 2.75) is 18.9 Å². The first-order valence-corrected chi connectivity index (χ1v) is 9.55. The molecular weight excluding hydrogens is 368 g/mol. The van der Waals surface area contributed by atoms with Crippen molar-refractivity contribution < 1.29 is 19.4 Å². The maximum Gasteiger partial charge on any atom is 0.407 e. The Bertz CT molecular complexity index is 844. The van der Waals surface area contributed by atoms with Gasteiger partial charge in [0.2, 0.25) is 0 Å². The van der Waals surface area contributed by atoms with Gasteiger partial charge < -0.3 is 20.1 Å². The van der Waals surface area contributed by atoms with Crippen LogP contribution in [0.5, 0.6) is 0 Å². The third-order valence-electron chi connectivity index (χ3n) is 5.47. The molecule has 142 valence electrons. The van der Waals surface area contributed by atoms with Gasteiger partial charge in [0.15, 0.2) is 0 Å². The summed E-state index contributed by atoms with van der Waals surface area (Å²) in [5.74, 6) is 0.297. The summed E-state index contributed by atoms with van der Waals surface area (Å²) < 4.78 is 5.29. The molecule has 0 radical (unpaired) electrons. The average molecular weight is 388 g/mol. The average Bonchev–Trinajstić information content (AvgIpc) is 3.03. The van der Waals surface area contributed by atoms with E-state index in [-0.39, 0.29) is 23.9 Å². The van der Waals surface area contributed by atoms with Crippen molar-refractivity contribution in [2.75, 3.05) is 19.6 Å². The van der Waals surface area contributed by atoms with E-state index < -0.39 is 12.2 Å². The Morgan fingerprint density at radius 1 is 1.30 bits per heavy atom. The number of ether oxygens (including phenoxy) is 1. The fourth-order valence-corrected chi connectivity index (χ4v) is 5.03. The number of likely N-dealkylation sites (tertiary alicyclic amines) is 1. The zero-order chi connectivity index (χ0) is 19.0. The molecule has 2 fully saturated rings. The van der Waals surface area contributed by atoms with Crippen molar-refractivity contribution in [2.24, 2.45) is 11.8 Å². The Balaban J connectivity index is 1.40. The SMILES string of the molecule is Cc1nnc(C2(CNC(=O)OCc3ccccc3)[C@@H]3CN(C(=O)O)C[C@@H]32)s1. The lowest BCUT2D eigenvalue weighted by Crippen LogP contribution is -2.40. The Labute approximate surface area is 160 Å². The number of aryl methyl sites for hydroxylation is 1. The molecule has 1 unspecified atom stereocenters. The molecule has 2 heterocycles. The van der Waals surface area contributed by atoms with Crippen LogP contribution in [0.2, 0.25) is 0 Å². The third-order valence-corrected chi connectivity index (χ3v) is 6.50. The van der Waals surface area contributed by atoms with Crippen LogP contribution in [0.4, 0.5) is 9.59 Å². The number of piperidine rings is 1. The summed E-state index contributed by atoms with van der Waals surface area (Å²) in [6.45, 7) is 3.38. The molecule has 0 spiro atoms. The first-order valence-electron chi connectivity index (χ1n) is 8.73. The number of aromatic nitrogens is 2. The second-order valence-electron chi connectivity index (χ2n) is 6.98. The van der Waals surface area contributed by atoms with Gasteiger partial charge in [-0.2, -0.15) is 0 Å². The molecule has 2 N–H and O–H groups in total. The molecule has 1 aromatic carbocycles. The Morgan fingerprint density at radius 3 is 2.59 bits per heavy atom. The number of hydrogen-bond donors (Lipinski definition) is 2. The number of carbonyl (C=O) groups excluding carboxylic acids is 1. The zero-order valence-corrected chi connectivity index (χ0v) is 15.6. The molecule has 4 rings (SSSR count). The molecule has 1 aliphatic heterocycles. The van der Waals surface area contributed by atoms with Crippen LogP contribution in [0.15, 0.2) is 30.3 Å². The summed E-state index contributed by atoms with van der Waals surface area (Å²) in [5, 5.41) is 22.2. The van der Waals surface area contributed by atoms with Crippen molar-refractivity contribution in [3.05, 3.63) is 45.9 Å². The van der Waals surface area contributed by atoms with Crippen LogP contribution >= 0.6 is 11.3 Å². The van der Waals surface area contributed by atoms with Gasteiger partial charge in [-0.1, -0.05) is 30.3 Å². The van der Waals surface area contributed by atoms with Crippen LogP contribution < -0.4 is 5.32 Å². The lowest BCUT2D eigenvalue weighted by atomic mass is 10.0. The van der Waals surface area contributed by atoms with Crippen LogP contribution in [0, 0.1) is 18.8 Å². The number of carbonyl (C=O) groups is 2. The predicted molar refractivity (Wildman–Crippen MR) is 97.5 cm³/mol. The summed E-state index contributed by atoms with van der Waals surface area (Å²) >= 11 is 1.51. The van der Waals surface area contributed by atoms with Gasteiger partial charge in [-0.25, -0.2) is 9.59 Å². The number of amides is 2. The summed E-state index contributed by atoms with van der Waals surface area (Å²) in [4.78, 5) is 24.8. The minimum atomic E-state index is -0.903. The van der Waals surface area contributed by atoms with Crippen LogP contribution in [0.1, 0.15) is 15.6 Å². The van der Waals surface area contributed by atoms with Crippen molar-refractivity contribution in [3.63, 3.8) is 0 Å². The maximum absolute atomic E-state index is 12.1. The number of rotatable bonds is 5. The van der Waals surface area contributed by atoms with Gasteiger partial charge >= 0.3 is 12.2 Å². The van der Waals surface area contributed by atoms with E-state index in [2.05, 4.69) is 15.5 Å². The highest BCUT2D eigenvalue weighted by atomic mass is 32.1. The molecule has 8 nitrogen and oxygen atoms in total. The first kappa shape index (κ1) is 17.7. The highest BCUT2D eigenvalue weighted by molar-refractivity contribution is 7.11. The number of carboxylic acid groups (broad SMARTS) is 1. The van der Waals surface area contributed by atoms with Gasteiger partial charge in [0.1, 0.15) is 16.6 Å². The summed E-state index contributed by atoms with van der Waals surface area (Å²) in [5.41, 5.74) is 0.575. The zero-order valence-electron chi connectivity index (χ0n) is 14.8. The molecule has 2 aliphatic rings. The monoisotopic (exact) mass is 388 g/mol. The van der Waals surface area contributed by atoms with E-state index in [1.54, 1.807) is 0 Å². The Kier molecular flexibility index (Phi) is 4.47. The van der Waals surface area contributed by atoms with Crippen LogP contribution in [-0.4, -0.2) is 52.0 Å². The smallest absolute Gasteiger partial charge is 0.407 e. The molecule has 3 atom stereocenters. The summed E-state index contributed by atoms with van der Waals surface area (Å²) in [6, 6.07) is 9.48. The fraction of sp³-hybridized carbons (Fsp3) is 0.444. The highest BCUT2D eigenvalue weighted by Crippen LogP contribution is 2.63. The minimum Gasteiger partial charge on any atom is -0.465 e. The van der Waals surface area contributed by atoms with Gasteiger partial charge in [0.25, 0.3) is 0 Å². The normalized spacial score (nSPS) is 25.7. The van der Waals surface area contributed by atoms with E-state index in [1.165, 1.54) is 16.2 Å². The standard InChI is InChI=1S/C18H20N4O4S/c1-11-20-21-15(27-11)18(13-7-22(17(24)25)8-14(13)18)10-19-16(23)26-9-12-5-3-2-4-6-12/h2-6,13-14H,7-10H2,1H3,(H,19,23)(H,24,25)/t13-,14+,18?. The fourth-order valence-electron chi connectivity index (χ4n) is 4.02. The van der Waals surface area contributed by atoms with Crippen molar-refractivity contribution in [1.82, 2.24) is 20.4 Å². The number of alkyl carbamates (subject to hydrolysis) is 1. The lowest BCUT2D eigenvalue weighted by molar-refractivity contribution is 0.134. The molecule has 1 saturated heterocycles. The number of fused-ring (bicyclic) bond motifs is 1. The van der Waals surface area contributed by atoms with E-state index in [0.717, 1.165) is 15.6 Å². The molecule has 27 heavy (non-hydrogen) atoms. The molecule has 1 aliphatic carbocycles. The van der Waals surface area contributed by atoms with E-state index in [1.807, 2.05) is 37.3 Å². The second-order valence-corrected chi connectivity index (χ2v) is 8.16. The summed E-state index contributed by atoms with van der Waals surface area (Å²) in [6.07, 6.45) is -1.39. The van der Waals surface area contributed by atoms with Crippen LogP contribution in [0.3, 0.4) is 0 Å². The first-order chi connectivity index (χ1) is 13.0. The van der Waals surface area contributed by atoms with E-state index in [0.29, 0.717) is 19.6 Å². The molecule has 1 aromatic heterocycles. The van der Waals surface area contributed by atoms with Crippen LogP contribution in [0.25, 0.3) is 0 Å². The largest absolute Gasteiger partial charge is 0.465 e. The topological polar surface area (TPSA) is 105 Å². The van der Waals surface area contributed by atoms with Gasteiger partial charge in [0, 0.05) is 19.6 Å². The third kappa shape index (κ3) is 3.23. The number of nitrogens with one attached hydrogen (secondary N) is 1. The van der Waals surface area contributed by atoms with E-state index in [9.17, 15) is 14.7 Å². The quantitative estimate of drug-likeness (QED) is 0.814. The maximum atomic E-state index is 12.1. The van der Waals surface area contributed by atoms with Crippen molar-refractivity contribution >= 4 is 23.5 Å². The number of nitrogens with zero attached hydrogens (tertiary/aromatic N) is 3. The molecule has 9 heteroatoms. The van der Waals surface area contributed by atoms with Gasteiger partial charge in [-0.05, 0) is 24.3 Å². The van der Waals surface area contributed by atoms with Gasteiger partial charge in [-0.3, -0.25) is 0 Å². The van der Waals surface area contributed by atoms with Crippen molar-refractivity contribution in [3.8, 4) is 0 Å². The van der Waals surface area contributed by atoms with Gasteiger partial charge in [0.05, 0.1) is 5.41 Å². The molecular formula is C18H20N4O4S. The van der Waals surface area contributed by atoms with Gasteiger partial charge in [-0.15, -0.1) is 21.5 Å². The Hall–Kier alpha value is -2.68. The van der Waals surface area contributed by atoms with Crippen molar-refractivity contribution in [1.29, 1.82) is 0 Å². The second kappa shape index (κ2) is 6.80. The molecule has 2 aromatic rings. The minimum absolute atomic E-state index is 0.148. The molecule has 1 saturated carbocycles. The highest BCUT2D eigenvalue weighted by Gasteiger charge is 2.71. The Morgan fingerprint density at radius 2 is 2.00 bits per heavy atom. The number of benzene rings is 1. The molecule has 2 amide bonds. The van der Waals surface area contributed by atoms with Crippen LogP contribution in [-0.2, 0) is 16.8 Å². The molecule has 0 bridgehead atoms. The predicted octanol–water partition coefficient (Wildman–Crippen LogP) is 2.25. The lowest BCUT2D eigenvalue weighted by Gasteiger charge is -2.23. The summed E-state index contributed by atoms with van der Waals surface area (Å²) in [7, 11) is 0. The number of hydrogen-bond acceptors (Lipinski definition) is 6. The van der Waals surface area contributed by atoms with E-state index in [4.69, 9.17) is 4.74 Å².